The van der Waals surface area contributed by atoms with E-state index >= 15 is 0 Å². The number of primary amides is 1. The van der Waals surface area contributed by atoms with Crippen molar-refractivity contribution in [3.05, 3.63) is 29.5 Å². The summed E-state index contributed by atoms with van der Waals surface area (Å²) in [6.07, 6.45) is 8.43. The molecule has 1 aromatic heterocycles. The summed E-state index contributed by atoms with van der Waals surface area (Å²) < 4.78 is 0. The van der Waals surface area contributed by atoms with Crippen LogP contribution in [0.5, 0.6) is 0 Å². The zero-order chi connectivity index (χ0) is 12.8. The van der Waals surface area contributed by atoms with Gasteiger partial charge in [-0.25, -0.2) is 0 Å². The second-order valence-electron chi connectivity index (χ2n) is 4.45. The van der Waals surface area contributed by atoms with E-state index in [2.05, 4.69) is 21.6 Å². The molecule has 0 bridgehead atoms. The van der Waals surface area contributed by atoms with Crippen molar-refractivity contribution < 1.29 is 4.79 Å². The Bertz CT molecular complexity index is 439. The van der Waals surface area contributed by atoms with E-state index < -0.39 is 5.91 Å². The number of anilines is 1. The van der Waals surface area contributed by atoms with Crippen LogP contribution in [0, 0.1) is 0 Å². The zero-order valence-corrected chi connectivity index (χ0v) is 10.4. The van der Waals surface area contributed by atoms with Crippen molar-refractivity contribution in [1.29, 1.82) is 0 Å². The zero-order valence-electron chi connectivity index (χ0n) is 10.4. The number of nitrogens with two attached hydrogens (primary N) is 1. The maximum Gasteiger partial charge on any atom is 0.269 e. The highest BCUT2D eigenvalue weighted by Gasteiger charge is 2.05. The second kappa shape index (κ2) is 6.14. The molecule has 0 fully saturated rings. The van der Waals surface area contributed by atoms with Crippen LogP contribution in [0.4, 0.5) is 5.82 Å². The van der Waals surface area contributed by atoms with Crippen molar-refractivity contribution >= 4 is 11.7 Å². The van der Waals surface area contributed by atoms with Crippen LogP contribution in [0.1, 0.15) is 42.6 Å². The highest BCUT2D eigenvalue weighted by Crippen LogP contribution is 2.19. The van der Waals surface area contributed by atoms with Crippen molar-refractivity contribution in [2.24, 2.45) is 5.73 Å². The van der Waals surface area contributed by atoms with Crippen LogP contribution in [-0.2, 0) is 0 Å². The Hall–Kier alpha value is -1.91. The molecule has 1 aliphatic carbocycles. The number of aromatic nitrogens is 2. The lowest BCUT2D eigenvalue weighted by molar-refractivity contribution is 0.0994. The van der Waals surface area contributed by atoms with Crippen LogP contribution < -0.4 is 11.1 Å². The van der Waals surface area contributed by atoms with Crippen LogP contribution in [0.3, 0.4) is 0 Å². The van der Waals surface area contributed by atoms with Crippen molar-refractivity contribution in [3.8, 4) is 0 Å². The molecule has 0 spiro atoms. The van der Waals surface area contributed by atoms with Crippen LogP contribution in [0.15, 0.2) is 23.8 Å². The van der Waals surface area contributed by atoms with Crippen molar-refractivity contribution in [2.75, 3.05) is 11.9 Å². The quantitative estimate of drug-likeness (QED) is 0.777. The van der Waals surface area contributed by atoms with E-state index in [0.29, 0.717) is 5.82 Å². The van der Waals surface area contributed by atoms with Gasteiger partial charge in [0.1, 0.15) is 5.82 Å². The molecule has 0 aromatic carbocycles. The fourth-order valence-electron chi connectivity index (χ4n) is 2.04. The summed E-state index contributed by atoms with van der Waals surface area (Å²) in [5.41, 5.74) is 6.81. The van der Waals surface area contributed by atoms with E-state index in [9.17, 15) is 4.79 Å². The fourth-order valence-corrected chi connectivity index (χ4v) is 2.04. The number of allylic oxidation sites excluding steroid dienone is 1. The number of carbonyl (C=O) groups excluding carboxylic acids is 1. The highest BCUT2D eigenvalue weighted by molar-refractivity contribution is 5.90. The van der Waals surface area contributed by atoms with Crippen molar-refractivity contribution in [3.63, 3.8) is 0 Å². The third-order valence-electron chi connectivity index (χ3n) is 3.05. The molecule has 1 heterocycles. The average molecular weight is 246 g/mol. The third kappa shape index (κ3) is 3.55. The van der Waals surface area contributed by atoms with Crippen LogP contribution >= 0.6 is 0 Å². The first kappa shape index (κ1) is 12.5. The average Bonchev–Trinajstić information content (AvgIpc) is 2.40. The molecule has 0 saturated heterocycles. The Morgan fingerprint density at radius 2 is 2.22 bits per heavy atom. The minimum atomic E-state index is -0.554. The largest absolute Gasteiger partial charge is 0.368 e. The maximum atomic E-state index is 10.8. The number of carbonyl (C=O) groups is 1. The van der Waals surface area contributed by atoms with Gasteiger partial charge in [-0.2, -0.15) is 0 Å². The van der Waals surface area contributed by atoms with E-state index in [0.717, 1.165) is 13.0 Å². The van der Waals surface area contributed by atoms with Gasteiger partial charge in [0.05, 0.1) is 0 Å². The van der Waals surface area contributed by atoms with Crippen LogP contribution in [0.25, 0.3) is 0 Å². The summed E-state index contributed by atoms with van der Waals surface area (Å²) in [5.74, 6) is 0.123. The molecule has 2 rings (SSSR count). The molecule has 0 unspecified atom stereocenters. The first-order chi connectivity index (χ1) is 8.75. The molecule has 5 nitrogen and oxygen atoms in total. The molecule has 1 amide bonds. The molecule has 0 saturated carbocycles. The van der Waals surface area contributed by atoms with Crippen molar-refractivity contribution in [2.45, 2.75) is 32.1 Å². The lowest BCUT2D eigenvalue weighted by Crippen LogP contribution is -2.14. The predicted octanol–water partition coefficient (Wildman–Crippen LogP) is 1.88. The topological polar surface area (TPSA) is 80.9 Å². The second-order valence-corrected chi connectivity index (χ2v) is 4.45. The lowest BCUT2D eigenvalue weighted by atomic mass is 9.97. The summed E-state index contributed by atoms with van der Waals surface area (Å²) in [7, 11) is 0. The molecule has 18 heavy (non-hydrogen) atoms. The standard InChI is InChI=1S/C13H18N4O/c14-13(18)11-6-7-12(17-16-11)15-9-8-10-4-2-1-3-5-10/h4,6-7H,1-3,5,8-9H2,(H2,14,18)(H,15,17). The molecule has 0 atom stereocenters. The highest BCUT2D eigenvalue weighted by atomic mass is 16.1. The summed E-state index contributed by atoms with van der Waals surface area (Å²) >= 11 is 0. The maximum absolute atomic E-state index is 10.8. The molecule has 0 radical (unpaired) electrons. The van der Waals surface area contributed by atoms with Gasteiger partial charge in [0.2, 0.25) is 0 Å². The molecule has 96 valence electrons. The number of nitrogens with one attached hydrogen (secondary N) is 1. The van der Waals surface area contributed by atoms with Gasteiger partial charge in [0, 0.05) is 6.54 Å². The minimum absolute atomic E-state index is 0.190. The Labute approximate surface area is 106 Å². The Morgan fingerprint density at radius 3 is 2.83 bits per heavy atom. The van der Waals surface area contributed by atoms with E-state index in [-0.39, 0.29) is 5.69 Å². The number of hydrogen-bond acceptors (Lipinski definition) is 4. The third-order valence-corrected chi connectivity index (χ3v) is 3.05. The molecular formula is C13H18N4O. The first-order valence-electron chi connectivity index (χ1n) is 6.31. The summed E-state index contributed by atoms with van der Waals surface area (Å²) in [5, 5.41) is 10.8. The summed E-state index contributed by atoms with van der Waals surface area (Å²) in [4.78, 5) is 10.8. The van der Waals surface area contributed by atoms with Gasteiger partial charge in [0.15, 0.2) is 5.69 Å². The van der Waals surface area contributed by atoms with E-state index in [1.54, 1.807) is 12.1 Å². The van der Waals surface area contributed by atoms with Gasteiger partial charge in [-0.3, -0.25) is 4.79 Å². The van der Waals surface area contributed by atoms with Crippen molar-refractivity contribution in [1.82, 2.24) is 10.2 Å². The van der Waals surface area contributed by atoms with Crippen LogP contribution in [-0.4, -0.2) is 22.6 Å². The number of hydrogen-bond donors (Lipinski definition) is 2. The molecular weight excluding hydrogens is 228 g/mol. The monoisotopic (exact) mass is 246 g/mol. The van der Waals surface area contributed by atoms with Gasteiger partial charge < -0.3 is 11.1 Å². The molecule has 1 aromatic rings. The minimum Gasteiger partial charge on any atom is -0.368 e. The molecule has 5 heteroatoms. The number of rotatable bonds is 5. The summed E-state index contributed by atoms with van der Waals surface area (Å²) in [6, 6.07) is 3.31. The smallest absolute Gasteiger partial charge is 0.269 e. The fraction of sp³-hybridized carbons (Fsp3) is 0.462. The normalized spacial score (nSPS) is 15.0. The predicted molar refractivity (Wildman–Crippen MR) is 70.2 cm³/mol. The van der Waals surface area contributed by atoms with E-state index in [1.807, 2.05) is 0 Å². The SMILES string of the molecule is NC(=O)c1ccc(NCCC2=CCCCC2)nn1. The Balaban J connectivity index is 1.79. The summed E-state index contributed by atoms with van der Waals surface area (Å²) in [6.45, 7) is 0.844. The Kier molecular flexibility index (Phi) is 4.28. The van der Waals surface area contributed by atoms with E-state index in [1.165, 1.54) is 31.3 Å². The van der Waals surface area contributed by atoms with Gasteiger partial charge in [-0.15, -0.1) is 10.2 Å². The Morgan fingerprint density at radius 1 is 1.33 bits per heavy atom. The van der Waals surface area contributed by atoms with Gasteiger partial charge in [-0.1, -0.05) is 11.6 Å². The molecule has 0 aliphatic heterocycles. The van der Waals surface area contributed by atoms with Gasteiger partial charge >= 0.3 is 0 Å². The number of amides is 1. The van der Waals surface area contributed by atoms with E-state index in [4.69, 9.17) is 5.73 Å². The molecule has 1 aliphatic rings. The number of nitrogens with zero attached hydrogens (tertiary/aromatic N) is 2. The van der Waals surface area contributed by atoms with Gasteiger partial charge in [0.25, 0.3) is 5.91 Å². The van der Waals surface area contributed by atoms with Crippen LogP contribution in [0.2, 0.25) is 0 Å². The first-order valence-corrected chi connectivity index (χ1v) is 6.31. The van der Waals surface area contributed by atoms with Gasteiger partial charge in [-0.05, 0) is 44.2 Å². The molecule has 3 N–H and O–H groups in total. The lowest BCUT2D eigenvalue weighted by Gasteiger charge is -2.12.